The van der Waals surface area contributed by atoms with Crippen molar-refractivity contribution >= 4 is 53.3 Å². The molecule has 124 valence electrons. The summed E-state index contributed by atoms with van der Waals surface area (Å²) in [6.45, 7) is 6.16. The molecule has 0 spiro atoms. The van der Waals surface area contributed by atoms with Gasteiger partial charge in [0, 0.05) is 23.0 Å². The molecule has 0 aliphatic carbocycles. The van der Waals surface area contributed by atoms with E-state index in [1.165, 1.54) is 11.8 Å². The Morgan fingerprint density at radius 2 is 2.18 bits per heavy atom. The Balaban J connectivity index is 0.00000242. The number of rotatable bonds is 4. The summed E-state index contributed by atoms with van der Waals surface area (Å²) in [4.78, 5) is 15.3. The van der Waals surface area contributed by atoms with E-state index in [1.807, 2.05) is 11.8 Å². The third kappa shape index (κ3) is 4.68. The number of carbonyl (C=O) groups is 1. The fourth-order valence-electron chi connectivity index (χ4n) is 2.44. The number of benzene rings is 1. The lowest BCUT2D eigenvalue weighted by Crippen LogP contribution is -2.38. The maximum atomic E-state index is 12.5. The first-order valence-electron chi connectivity index (χ1n) is 6.95. The molecule has 1 amide bonds. The SMILES string of the molecule is CC(Sc1cc(Cl)ccc1Cl)C(=O)N1CCC(C)(CN)C1.Cl. The van der Waals surface area contributed by atoms with Crippen molar-refractivity contribution in [3.8, 4) is 0 Å². The third-order valence-electron chi connectivity index (χ3n) is 3.91. The molecule has 3 nitrogen and oxygen atoms in total. The van der Waals surface area contributed by atoms with Crippen LogP contribution in [0.25, 0.3) is 0 Å². The fraction of sp³-hybridized carbons (Fsp3) is 0.533. The Morgan fingerprint density at radius 1 is 1.50 bits per heavy atom. The molecule has 0 saturated carbocycles. The molecule has 1 aliphatic heterocycles. The van der Waals surface area contributed by atoms with E-state index in [-0.39, 0.29) is 29.0 Å². The van der Waals surface area contributed by atoms with Gasteiger partial charge in [-0.3, -0.25) is 4.79 Å². The van der Waals surface area contributed by atoms with Gasteiger partial charge in [0.15, 0.2) is 0 Å². The minimum Gasteiger partial charge on any atom is -0.341 e. The van der Waals surface area contributed by atoms with E-state index in [1.54, 1.807) is 18.2 Å². The number of carbonyl (C=O) groups excluding carboxylic acids is 1. The first kappa shape index (κ1) is 19.9. The summed E-state index contributed by atoms with van der Waals surface area (Å²) in [5, 5.41) is 1.05. The van der Waals surface area contributed by atoms with E-state index in [4.69, 9.17) is 28.9 Å². The van der Waals surface area contributed by atoms with Gasteiger partial charge in [-0.15, -0.1) is 24.2 Å². The second-order valence-electron chi connectivity index (χ2n) is 5.86. The summed E-state index contributed by atoms with van der Waals surface area (Å²) in [5.74, 6) is 0.133. The minimum atomic E-state index is -0.193. The van der Waals surface area contributed by atoms with Crippen LogP contribution in [0.3, 0.4) is 0 Å². The maximum absolute atomic E-state index is 12.5. The Hall–Kier alpha value is -0.130. The number of nitrogens with two attached hydrogens (primary N) is 1. The molecule has 2 atom stereocenters. The zero-order valence-electron chi connectivity index (χ0n) is 12.6. The highest BCUT2D eigenvalue weighted by atomic mass is 35.5. The van der Waals surface area contributed by atoms with E-state index in [0.717, 1.165) is 24.4 Å². The van der Waals surface area contributed by atoms with Crippen LogP contribution in [0, 0.1) is 5.41 Å². The van der Waals surface area contributed by atoms with E-state index >= 15 is 0 Å². The predicted octanol–water partition coefficient (Wildman–Crippen LogP) is 4.09. The van der Waals surface area contributed by atoms with Crippen LogP contribution in [0.5, 0.6) is 0 Å². The van der Waals surface area contributed by atoms with E-state index in [0.29, 0.717) is 16.6 Å². The molecule has 2 rings (SSSR count). The van der Waals surface area contributed by atoms with Gasteiger partial charge in [-0.05, 0) is 43.5 Å². The van der Waals surface area contributed by atoms with E-state index in [9.17, 15) is 4.79 Å². The van der Waals surface area contributed by atoms with Crippen LogP contribution >= 0.6 is 47.4 Å². The lowest BCUT2D eigenvalue weighted by Gasteiger charge is -2.24. The molecule has 7 heteroatoms. The number of nitrogens with zero attached hydrogens (tertiary/aromatic N) is 1. The zero-order valence-corrected chi connectivity index (χ0v) is 15.8. The lowest BCUT2D eigenvalue weighted by atomic mass is 9.90. The monoisotopic (exact) mass is 382 g/mol. The smallest absolute Gasteiger partial charge is 0.235 e. The Labute approximate surface area is 152 Å². The summed E-state index contributed by atoms with van der Waals surface area (Å²) in [5.41, 5.74) is 5.84. The average molecular weight is 384 g/mol. The summed E-state index contributed by atoms with van der Waals surface area (Å²) >= 11 is 13.6. The highest BCUT2D eigenvalue weighted by Crippen LogP contribution is 2.35. The topological polar surface area (TPSA) is 46.3 Å². The number of halogens is 3. The summed E-state index contributed by atoms with van der Waals surface area (Å²) < 4.78 is 0. The number of likely N-dealkylation sites (tertiary alicyclic amines) is 1. The van der Waals surface area contributed by atoms with Gasteiger partial charge in [-0.2, -0.15) is 0 Å². The summed E-state index contributed by atoms with van der Waals surface area (Å²) in [6, 6.07) is 5.30. The van der Waals surface area contributed by atoms with Gasteiger partial charge in [-0.1, -0.05) is 30.1 Å². The molecular weight excluding hydrogens is 363 g/mol. The van der Waals surface area contributed by atoms with Crippen molar-refractivity contribution in [1.29, 1.82) is 0 Å². The first-order valence-corrected chi connectivity index (χ1v) is 8.59. The molecule has 0 bridgehead atoms. The van der Waals surface area contributed by atoms with Crippen LogP contribution in [0.15, 0.2) is 23.1 Å². The number of thioether (sulfide) groups is 1. The molecule has 2 N–H and O–H groups in total. The fourth-order valence-corrected chi connectivity index (χ4v) is 3.94. The van der Waals surface area contributed by atoms with Crippen LogP contribution in [0.4, 0.5) is 0 Å². The van der Waals surface area contributed by atoms with Crippen LogP contribution in [-0.4, -0.2) is 35.7 Å². The van der Waals surface area contributed by atoms with Gasteiger partial charge >= 0.3 is 0 Å². The quantitative estimate of drug-likeness (QED) is 0.796. The first-order chi connectivity index (χ1) is 9.84. The van der Waals surface area contributed by atoms with Gasteiger partial charge in [-0.25, -0.2) is 0 Å². The van der Waals surface area contributed by atoms with Crippen molar-refractivity contribution in [2.45, 2.75) is 30.4 Å². The molecule has 22 heavy (non-hydrogen) atoms. The van der Waals surface area contributed by atoms with Crippen LogP contribution in [0.2, 0.25) is 10.0 Å². The molecule has 2 unspecified atom stereocenters. The lowest BCUT2D eigenvalue weighted by molar-refractivity contribution is -0.129. The second kappa shape index (κ2) is 8.11. The Morgan fingerprint density at radius 3 is 2.77 bits per heavy atom. The van der Waals surface area contributed by atoms with Crippen LogP contribution in [-0.2, 0) is 4.79 Å². The number of hydrogen-bond donors (Lipinski definition) is 1. The van der Waals surface area contributed by atoms with Crippen molar-refractivity contribution in [2.24, 2.45) is 11.1 Å². The largest absolute Gasteiger partial charge is 0.341 e. The molecule has 1 heterocycles. The summed E-state index contributed by atoms with van der Waals surface area (Å²) in [6.07, 6.45) is 0.963. The van der Waals surface area contributed by atoms with Crippen molar-refractivity contribution in [2.75, 3.05) is 19.6 Å². The highest BCUT2D eigenvalue weighted by Gasteiger charge is 2.36. The van der Waals surface area contributed by atoms with E-state index < -0.39 is 0 Å². The molecule has 1 aromatic carbocycles. The van der Waals surface area contributed by atoms with Gasteiger partial charge in [0.25, 0.3) is 0 Å². The molecule has 1 fully saturated rings. The third-order valence-corrected chi connectivity index (χ3v) is 5.73. The van der Waals surface area contributed by atoms with Crippen molar-refractivity contribution in [3.05, 3.63) is 28.2 Å². The predicted molar refractivity (Wildman–Crippen MR) is 97.4 cm³/mol. The van der Waals surface area contributed by atoms with Crippen molar-refractivity contribution in [3.63, 3.8) is 0 Å². The van der Waals surface area contributed by atoms with Crippen LogP contribution < -0.4 is 5.73 Å². The van der Waals surface area contributed by atoms with Gasteiger partial charge in [0.2, 0.25) is 5.91 Å². The maximum Gasteiger partial charge on any atom is 0.235 e. The van der Waals surface area contributed by atoms with Crippen molar-refractivity contribution < 1.29 is 4.79 Å². The zero-order chi connectivity index (χ0) is 15.6. The molecule has 1 saturated heterocycles. The molecular formula is C15H21Cl3N2OS. The molecule has 1 aliphatic rings. The minimum absolute atomic E-state index is 0. The van der Waals surface area contributed by atoms with Gasteiger partial charge in [0.1, 0.15) is 0 Å². The van der Waals surface area contributed by atoms with Crippen LogP contribution in [0.1, 0.15) is 20.3 Å². The average Bonchev–Trinajstić information content (AvgIpc) is 2.85. The van der Waals surface area contributed by atoms with Gasteiger partial charge < -0.3 is 10.6 Å². The van der Waals surface area contributed by atoms with E-state index in [2.05, 4.69) is 6.92 Å². The second-order valence-corrected chi connectivity index (χ2v) is 8.09. The molecule has 0 aromatic heterocycles. The van der Waals surface area contributed by atoms with Gasteiger partial charge in [0.05, 0.1) is 10.3 Å². The normalized spacial score (nSPS) is 22.3. The highest BCUT2D eigenvalue weighted by molar-refractivity contribution is 8.00. The molecule has 1 aromatic rings. The summed E-state index contributed by atoms with van der Waals surface area (Å²) in [7, 11) is 0. The number of amides is 1. The Bertz CT molecular complexity index is 544. The standard InChI is InChI=1S/C15H20Cl2N2OS.ClH/c1-10(21-13-7-11(16)3-4-12(13)17)14(20)19-6-5-15(2,8-18)9-19;/h3-4,7,10H,5-6,8-9,18H2,1-2H3;1H. The Kier molecular flexibility index (Phi) is 7.34. The van der Waals surface area contributed by atoms with Crippen molar-refractivity contribution in [1.82, 2.24) is 4.90 Å². The number of hydrogen-bond acceptors (Lipinski definition) is 3. The molecule has 0 radical (unpaired) electrons.